The first-order chi connectivity index (χ1) is 16.0. The molecule has 0 atom stereocenters. The molecule has 2 aliphatic rings. The molecule has 0 saturated heterocycles. The molecule has 33 heavy (non-hydrogen) atoms. The molecule has 4 amide bonds. The molecule has 0 unspecified atom stereocenters. The molecule has 0 bridgehead atoms. The SMILES string of the molecule is N#CCC(=O)Nc1cccc(CNC(=O)c2ccc3c(c2)C(=O)N(C2CCCCC2)C3=O)c1. The highest BCUT2D eigenvalue weighted by Crippen LogP contribution is 2.31. The van der Waals surface area contributed by atoms with Gasteiger partial charge in [-0.2, -0.15) is 5.26 Å². The topological polar surface area (TPSA) is 119 Å². The van der Waals surface area contributed by atoms with Gasteiger partial charge in [-0.05, 0) is 48.7 Å². The molecule has 2 aromatic carbocycles. The summed E-state index contributed by atoms with van der Waals surface area (Å²) in [6, 6.07) is 13.3. The van der Waals surface area contributed by atoms with Gasteiger partial charge in [-0.3, -0.25) is 24.1 Å². The van der Waals surface area contributed by atoms with Crippen LogP contribution in [0, 0.1) is 11.3 Å². The Morgan fingerprint density at radius 1 is 1.00 bits per heavy atom. The summed E-state index contributed by atoms with van der Waals surface area (Å²) >= 11 is 0. The van der Waals surface area contributed by atoms with Crippen LogP contribution in [0.5, 0.6) is 0 Å². The van der Waals surface area contributed by atoms with E-state index in [1.54, 1.807) is 42.5 Å². The van der Waals surface area contributed by atoms with Crippen molar-refractivity contribution >= 4 is 29.3 Å². The van der Waals surface area contributed by atoms with E-state index in [0.29, 0.717) is 16.8 Å². The number of nitriles is 1. The lowest BCUT2D eigenvalue weighted by molar-refractivity contribution is -0.115. The minimum absolute atomic E-state index is 0.0654. The highest BCUT2D eigenvalue weighted by molar-refractivity contribution is 6.22. The first-order valence-electron chi connectivity index (χ1n) is 11.0. The van der Waals surface area contributed by atoms with Crippen molar-refractivity contribution in [3.63, 3.8) is 0 Å². The average Bonchev–Trinajstić information content (AvgIpc) is 3.07. The monoisotopic (exact) mass is 444 g/mol. The van der Waals surface area contributed by atoms with Crippen LogP contribution in [-0.2, 0) is 11.3 Å². The smallest absolute Gasteiger partial charge is 0.261 e. The highest BCUT2D eigenvalue weighted by atomic mass is 16.2. The summed E-state index contributed by atoms with van der Waals surface area (Å²) in [4.78, 5) is 51.4. The molecule has 8 nitrogen and oxygen atoms in total. The summed E-state index contributed by atoms with van der Waals surface area (Å²) in [6.45, 7) is 0.207. The molecule has 2 N–H and O–H groups in total. The normalized spacial score (nSPS) is 15.7. The van der Waals surface area contributed by atoms with E-state index in [4.69, 9.17) is 5.26 Å². The third-order valence-electron chi connectivity index (χ3n) is 6.02. The Morgan fingerprint density at radius 3 is 2.52 bits per heavy atom. The van der Waals surface area contributed by atoms with Crippen LogP contribution in [0.15, 0.2) is 42.5 Å². The van der Waals surface area contributed by atoms with Gasteiger partial charge in [-0.15, -0.1) is 0 Å². The molecule has 4 rings (SSSR count). The van der Waals surface area contributed by atoms with Crippen LogP contribution < -0.4 is 10.6 Å². The van der Waals surface area contributed by atoms with Crippen molar-refractivity contribution in [2.45, 2.75) is 51.1 Å². The molecule has 1 aliphatic carbocycles. The second-order valence-electron chi connectivity index (χ2n) is 8.30. The highest BCUT2D eigenvalue weighted by Gasteiger charge is 2.40. The zero-order chi connectivity index (χ0) is 23.4. The fraction of sp³-hybridized carbons (Fsp3) is 0.320. The maximum Gasteiger partial charge on any atom is 0.261 e. The van der Waals surface area contributed by atoms with Crippen molar-refractivity contribution in [3.8, 4) is 6.07 Å². The summed E-state index contributed by atoms with van der Waals surface area (Å²) in [7, 11) is 0. The lowest BCUT2D eigenvalue weighted by Crippen LogP contribution is -2.40. The number of hydrogen-bond acceptors (Lipinski definition) is 5. The zero-order valence-electron chi connectivity index (χ0n) is 18.1. The van der Waals surface area contributed by atoms with Gasteiger partial charge < -0.3 is 10.6 Å². The minimum Gasteiger partial charge on any atom is -0.348 e. The number of amides is 4. The number of rotatable bonds is 6. The molecule has 1 heterocycles. The predicted octanol–water partition coefficient (Wildman–Crippen LogP) is 3.40. The van der Waals surface area contributed by atoms with Gasteiger partial charge in [0.2, 0.25) is 5.91 Å². The van der Waals surface area contributed by atoms with Gasteiger partial charge in [0, 0.05) is 23.8 Å². The predicted molar refractivity (Wildman–Crippen MR) is 120 cm³/mol. The maximum atomic E-state index is 13.0. The second kappa shape index (κ2) is 9.65. The first kappa shape index (κ1) is 22.2. The number of imide groups is 1. The van der Waals surface area contributed by atoms with E-state index in [1.165, 1.54) is 11.0 Å². The number of nitrogens with zero attached hydrogens (tertiary/aromatic N) is 2. The number of fused-ring (bicyclic) bond motifs is 1. The Bertz CT molecular complexity index is 1160. The number of carbonyl (C=O) groups excluding carboxylic acids is 4. The molecular formula is C25H24N4O4. The molecule has 0 spiro atoms. The van der Waals surface area contributed by atoms with Gasteiger partial charge >= 0.3 is 0 Å². The van der Waals surface area contributed by atoms with Gasteiger partial charge in [0.05, 0.1) is 17.2 Å². The summed E-state index contributed by atoms with van der Waals surface area (Å²) in [5.74, 6) is -1.37. The summed E-state index contributed by atoms with van der Waals surface area (Å²) in [5, 5.41) is 14.0. The van der Waals surface area contributed by atoms with E-state index < -0.39 is 5.91 Å². The Labute approximate surface area is 191 Å². The van der Waals surface area contributed by atoms with Crippen LogP contribution in [0.1, 0.15) is 75.2 Å². The molecule has 0 radical (unpaired) electrons. The van der Waals surface area contributed by atoms with Gasteiger partial charge in [0.25, 0.3) is 17.7 Å². The lowest BCUT2D eigenvalue weighted by atomic mass is 9.94. The van der Waals surface area contributed by atoms with Gasteiger partial charge in [-0.25, -0.2) is 0 Å². The Morgan fingerprint density at radius 2 is 1.76 bits per heavy atom. The fourth-order valence-corrected chi connectivity index (χ4v) is 4.39. The quantitative estimate of drug-likeness (QED) is 0.662. The number of benzene rings is 2. The summed E-state index contributed by atoms with van der Waals surface area (Å²) in [6.07, 6.45) is 4.56. The molecular weight excluding hydrogens is 420 g/mol. The third-order valence-corrected chi connectivity index (χ3v) is 6.02. The van der Waals surface area contributed by atoms with Gasteiger partial charge in [-0.1, -0.05) is 31.4 Å². The van der Waals surface area contributed by atoms with E-state index in [1.807, 2.05) is 0 Å². The second-order valence-corrected chi connectivity index (χ2v) is 8.30. The largest absolute Gasteiger partial charge is 0.348 e. The number of nitrogens with one attached hydrogen (secondary N) is 2. The van der Waals surface area contributed by atoms with Crippen LogP contribution in [0.3, 0.4) is 0 Å². The third kappa shape index (κ3) is 4.77. The number of hydrogen-bond donors (Lipinski definition) is 2. The van der Waals surface area contributed by atoms with Crippen LogP contribution in [0.25, 0.3) is 0 Å². The van der Waals surface area contributed by atoms with Gasteiger partial charge in [0.1, 0.15) is 6.42 Å². The van der Waals surface area contributed by atoms with E-state index in [0.717, 1.165) is 37.7 Å². The van der Waals surface area contributed by atoms with Crippen molar-refractivity contribution in [3.05, 3.63) is 64.7 Å². The van der Waals surface area contributed by atoms with Gasteiger partial charge in [0.15, 0.2) is 0 Å². The van der Waals surface area contributed by atoms with Crippen LogP contribution in [-0.4, -0.2) is 34.6 Å². The van der Waals surface area contributed by atoms with E-state index in [9.17, 15) is 19.2 Å². The summed E-state index contributed by atoms with van der Waals surface area (Å²) < 4.78 is 0. The zero-order valence-corrected chi connectivity index (χ0v) is 18.1. The Balaban J connectivity index is 1.42. The van der Waals surface area contributed by atoms with Crippen LogP contribution >= 0.6 is 0 Å². The molecule has 8 heteroatoms. The first-order valence-corrected chi connectivity index (χ1v) is 11.0. The number of carbonyl (C=O) groups is 4. The van der Waals surface area contributed by atoms with Crippen LogP contribution in [0.2, 0.25) is 0 Å². The molecule has 2 aromatic rings. The fourth-order valence-electron chi connectivity index (χ4n) is 4.39. The molecule has 1 fully saturated rings. The maximum absolute atomic E-state index is 13.0. The Kier molecular flexibility index (Phi) is 6.50. The molecule has 1 saturated carbocycles. The Hall–Kier alpha value is -3.99. The van der Waals surface area contributed by atoms with Crippen molar-refractivity contribution < 1.29 is 19.2 Å². The molecule has 1 aliphatic heterocycles. The molecule has 0 aromatic heterocycles. The minimum atomic E-state index is -0.404. The van der Waals surface area contributed by atoms with Crippen molar-refractivity contribution in [1.82, 2.24) is 10.2 Å². The van der Waals surface area contributed by atoms with E-state index in [2.05, 4.69) is 10.6 Å². The van der Waals surface area contributed by atoms with Crippen molar-refractivity contribution in [1.29, 1.82) is 5.26 Å². The summed E-state index contributed by atoms with van der Waals surface area (Å²) in [5.41, 5.74) is 2.22. The van der Waals surface area contributed by atoms with E-state index >= 15 is 0 Å². The van der Waals surface area contributed by atoms with Crippen molar-refractivity contribution in [2.24, 2.45) is 0 Å². The standard InChI is InChI=1S/C25H24N4O4/c26-12-11-22(30)28-18-6-4-5-16(13-18)15-27-23(31)17-9-10-20-21(14-17)25(33)29(24(20)32)19-7-2-1-3-8-19/h4-6,9-10,13-14,19H,1-3,7-8,11,15H2,(H,27,31)(H,28,30). The lowest BCUT2D eigenvalue weighted by Gasteiger charge is -2.29. The molecule has 168 valence electrons. The average molecular weight is 444 g/mol. The van der Waals surface area contributed by atoms with Crippen LogP contribution in [0.4, 0.5) is 5.69 Å². The van der Waals surface area contributed by atoms with E-state index in [-0.39, 0.29) is 42.3 Å². The van der Waals surface area contributed by atoms with Crippen molar-refractivity contribution in [2.75, 3.05) is 5.32 Å². The number of anilines is 1.